The van der Waals surface area contributed by atoms with Crippen LogP contribution in [0.5, 0.6) is 5.75 Å². The molecule has 0 bridgehead atoms. The van der Waals surface area contributed by atoms with Crippen LogP contribution < -0.4 is 4.74 Å². The smallest absolute Gasteiger partial charge is 0.177 e. The van der Waals surface area contributed by atoms with Crippen molar-refractivity contribution in [1.82, 2.24) is 19.5 Å². The molecule has 0 atom stereocenters. The number of furan rings is 1. The van der Waals surface area contributed by atoms with E-state index >= 15 is 0 Å². The van der Waals surface area contributed by atoms with Crippen LogP contribution in [0, 0.1) is 0 Å². The monoisotopic (exact) mass is 306 g/mol. The van der Waals surface area contributed by atoms with Crippen molar-refractivity contribution in [3.05, 3.63) is 49.1 Å². The lowest BCUT2D eigenvalue weighted by atomic mass is 10.2. The number of imidazole rings is 1. The van der Waals surface area contributed by atoms with Gasteiger partial charge in [-0.25, -0.2) is 4.98 Å². The van der Waals surface area contributed by atoms with Crippen LogP contribution in [-0.2, 0) is 7.05 Å². The van der Waals surface area contributed by atoms with Gasteiger partial charge in [-0.15, -0.1) is 0 Å². The number of aromatic nitrogens is 4. The topological polar surface area (TPSA) is 66.0 Å². The van der Waals surface area contributed by atoms with Crippen LogP contribution in [0.4, 0.5) is 0 Å². The zero-order chi connectivity index (χ0) is 15.8. The van der Waals surface area contributed by atoms with E-state index in [-0.39, 0.29) is 0 Å². The lowest BCUT2D eigenvalue weighted by Gasteiger charge is -2.04. The number of aryl methyl sites for hydroxylation is 1. The van der Waals surface area contributed by atoms with E-state index in [2.05, 4.69) is 15.0 Å². The van der Waals surface area contributed by atoms with Crippen molar-refractivity contribution in [2.75, 3.05) is 7.11 Å². The maximum absolute atomic E-state index is 5.44. The van der Waals surface area contributed by atoms with Crippen molar-refractivity contribution in [2.45, 2.75) is 0 Å². The molecule has 23 heavy (non-hydrogen) atoms. The van der Waals surface area contributed by atoms with Crippen LogP contribution in [0.2, 0.25) is 0 Å². The Morgan fingerprint density at radius 1 is 1.17 bits per heavy atom. The van der Waals surface area contributed by atoms with Gasteiger partial charge >= 0.3 is 0 Å². The molecule has 0 aliphatic carbocycles. The molecule has 0 spiro atoms. The van der Waals surface area contributed by atoms with Crippen LogP contribution in [-0.4, -0.2) is 26.6 Å². The Balaban J connectivity index is 1.86. The van der Waals surface area contributed by atoms with Gasteiger partial charge in [0.25, 0.3) is 0 Å². The van der Waals surface area contributed by atoms with E-state index in [0.29, 0.717) is 5.75 Å². The molecule has 6 nitrogen and oxygen atoms in total. The van der Waals surface area contributed by atoms with Crippen molar-refractivity contribution in [3.63, 3.8) is 0 Å². The van der Waals surface area contributed by atoms with Gasteiger partial charge in [-0.3, -0.25) is 9.97 Å². The molecule has 4 rings (SSSR count). The number of pyridine rings is 2. The molecule has 0 aliphatic rings. The molecule has 0 N–H and O–H groups in total. The minimum absolute atomic E-state index is 0.700. The quantitative estimate of drug-likeness (QED) is 0.581. The zero-order valence-corrected chi connectivity index (χ0v) is 12.7. The lowest BCUT2D eigenvalue weighted by molar-refractivity contribution is 0.413. The molecule has 0 amide bonds. The highest BCUT2D eigenvalue weighted by atomic mass is 16.5. The van der Waals surface area contributed by atoms with Crippen LogP contribution in [0.1, 0.15) is 0 Å². The molecule has 0 saturated heterocycles. The van der Waals surface area contributed by atoms with Gasteiger partial charge in [0.1, 0.15) is 11.3 Å². The summed E-state index contributed by atoms with van der Waals surface area (Å²) in [6.45, 7) is 0. The minimum atomic E-state index is 0.700. The van der Waals surface area contributed by atoms with Crippen molar-refractivity contribution < 1.29 is 9.15 Å². The van der Waals surface area contributed by atoms with Crippen LogP contribution in [0.25, 0.3) is 33.9 Å². The van der Waals surface area contributed by atoms with Gasteiger partial charge in [0, 0.05) is 18.8 Å². The van der Waals surface area contributed by atoms with E-state index in [9.17, 15) is 0 Å². The van der Waals surface area contributed by atoms with Crippen LogP contribution in [0.3, 0.4) is 0 Å². The van der Waals surface area contributed by atoms with E-state index < -0.39 is 0 Å². The number of methoxy groups -OCH3 is 1. The first-order valence-electron chi connectivity index (χ1n) is 7.12. The summed E-state index contributed by atoms with van der Waals surface area (Å²) in [4.78, 5) is 13.3. The number of rotatable bonds is 3. The van der Waals surface area contributed by atoms with Gasteiger partial charge in [0.2, 0.25) is 0 Å². The van der Waals surface area contributed by atoms with E-state index in [0.717, 1.165) is 33.9 Å². The second-order valence-electron chi connectivity index (χ2n) is 5.14. The van der Waals surface area contributed by atoms with E-state index in [1.807, 2.05) is 35.9 Å². The molecule has 4 heterocycles. The largest absolute Gasteiger partial charge is 0.495 e. The van der Waals surface area contributed by atoms with Gasteiger partial charge in [0.15, 0.2) is 11.6 Å². The van der Waals surface area contributed by atoms with Gasteiger partial charge in [-0.2, -0.15) is 0 Å². The summed E-state index contributed by atoms with van der Waals surface area (Å²) >= 11 is 0. The Morgan fingerprint density at radius 2 is 2.09 bits per heavy atom. The van der Waals surface area contributed by atoms with E-state index in [4.69, 9.17) is 9.15 Å². The second kappa shape index (κ2) is 5.24. The molecule has 0 aliphatic heterocycles. The normalized spacial score (nSPS) is 11.0. The standard InChI is InChI=1S/C17H14N4O2/c1-21-15-7-13(11-6-12(22-2)9-18-8-11)19-10-14(15)20-17(21)16-4-3-5-23-16/h3-10H,1-2H3. The zero-order valence-electron chi connectivity index (χ0n) is 12.7. The maximum atomic E-state index is 5.44. The first kappa shape index (κ1) is 13.5. The molecule has 114 valence electrons. The van der Waals surface area contributed by atoms with Gasteiger partial charge in [0.05, 0.1) is 37.0 Å². The maximum Gasteiger partial charge on any atom is 0.177 e. The molecule has 0 aromatic carbocycles. The molecule has 4 aromatic rings. The summed E-state index contributed by atoms with van der Waals surface area (Å²) in [5.74, 6) is 2.20. The molecule has 4 aromatic heterocycles. The molecule has 0 saturated carbocycles. The van der Waals surface area contributed by atoms with Gasteiger partial charge < -0.3 is 13.7 Å². The molecular formula is C17H14N4O2. The number of nitrogens with zero attached hydrogens (tertiary/aromatic N) is 4. The van der Waals surface area contributed by atoms with E-state index in [1.54, 1.807) is 32.0 Å². The number of hydrogen-bond acceptors (Lipinski definition) is 5. The Kier molecular flexibility index (Phi) is 3.08. The Morgan fingerprint density at radius 3 is 2.87 bits per heavy atom. The lowest BCUT2D eigenvalue weighted by Crippen LogP contribution is -1.92. The third kappa shape index (κ3) is 2.24. The fourth-order valence-electron chi connectivity index (χ4n) is 2.55. The fraction of sp³-hybridized carbons (Fsp3) is 0.118. The fourth-order valence-corrected chi connectivity index (χ4v) is 2.55. The first-order valence-corrected chi connectivity index (χ1v) is 7.12. The molecular weight excluding hydrogens is 292 g/mol. The van der Waals surface area contributed by atoms with Crippen molar-refractivity contribution >= 4 is 11.0 Å². The van der Waals surface area contributed by atoms with Gasteiger partial charge in [-0.05, 0) is 24.3 Å². The highest BCUT2D eigenvalue weighted by Crippen LogP contribution is 2.27. The summed E-state index contributed by atoms with van der Waals surface area (Å²) in [6, 6.07) is 7.64. The molecule has 0 unspecified atom stereocenters. The highest BCUT2D eigenvalue weighted by Gasteiger charge is 2.13. The second-order valence-corrected chi connectivity index (χ2v) is 5.14. The Hall–Kier alpha value is -3.15. The van der Waals surface area contributed by atoms with E-state index in [1.165, 1.54) is 0 Å². The van der Waals surface area contributed by atoms with Gasteiger partial charge in [-0.1, -0.05) is 0 Å². The summed E-state index contributed by atoms with van der Waals surface area (Å²) in [7, 11) is 3.58. The van der Waals surface area contributed by atoms with Crippen LogP contribution in [0.15, 0.2) is 53.5 Å². The van der Waals surface area contributed by atoms with Crippen molar-refractivity contribution in [1.29, 1.82) is 0 Å². The Bertz CT molecular complexity index is 974. The number of ether oxygens (including phenoxy) is 1. The molecule has 0 radical (unpaired) electrons. The average molecular weight is 306 g/mol. The summed E-state index contributed by atoms with van der Waals surface area (Å²) in [5.41, 5.74) is 3.51. The van der Waals surface area contributed by atoms with Crippen molar-refractivity contribution in [3.8, 4) is 28.6 Å². The molecule has 0 fully saturated rings. The summed E-state index contributed by atoms with van der Waals surface area (Å²) in [6.07, 6.45) is 6.83. The average Bonchev–Trinajstić information content (AvgIpc) is 3.23. The SMILES string of the molecule is COc1cncc(-c2cc3c(cn2)nc(-c2ccco2)n3C)c1. The predicted molar refractivity (Wildman–Crippen MR) is 86.0 cm³/mol. The third-order valence-corrected chi connectivity index (χ3v) is 3.75. The summed E-state index contributed by atoms with van der Waals surface area (Å²) < 4.78 is 12.7. The Labute approximate surface area is 132 Å². The third-order valence-electron chi connectivity index (χ3n) is 3.75. The van der Waals surface area contributed by atoms with Crippen molar-refractivity contribution in [2.24, 2.45) is 7.05 Å². The first-order chi connectivity index (χ1) is 11.3. The minimum Gasteiger partial charge on any atom is -0.495 e. The molecule has 6 heteroatoms. The van der Waals surface area contributed by atoms with Crippen LogP contribution >= 0.6 is 0 Å². The number of fused-ring (bicyclic) bond motifs is 1. The number of hydrogen-bond donors (Lipinski definition) is 0. The highest BCUT2D eigenvalue weighted by molar-refractivity contribution is 5.82. The predicted octanol–water partition coefficient (Wildman–Crippen LogP) is 3.30. The summed E-state index contributed by atoms with van der Waals surface area (Å²) in [5, 5.41) is 0.